The number of benzene rings is 1. The number of nitrogens with one attached hydrogen (secondary N) is 3. The first-order valence-electron chi connectivity index (χ1n) is 12.1. The lowest BCUT2D eigenvalue weighted by Crippen LogP contribution is -2.55. The first-order chi connectivity index (χ1) is 17.4. The Morgan fingerprint density at radius 1 is 1.08 bits per heavy atom. The summed E-state index contributed by atoms with van der Waals surface area (Å²) >= 11 is 0. The fourth-order valence-corrected chi connectivity index (χ4v) is 4.01. The fraction of sp³-hybridized carbons (Fsp3) is 0.542. The van der Waals surface area contributed by atoms with Crippen LogP contribution in [0.15, 0.2) is 24.3 Å². The second-order valence-corrected chi connectivity index (χ2v) is 9.36. The molecule has 1 saturated heterocycles. The average Bonchev–Trinajstić information content (AvgIpc) is 3.32. The molecule has 0 saturated carbocycles. The van der Waals surface area contributed by atoms with Crippen molar-refractivity contribution >= 4 is 41.0 Å². The quantitative estimate of drug-likeness (QED) is 0.236. The van der Waals surface area contributed by atoms with Crippen LogP contribution < -0.4 is 16.0 Å². The van der Waals surface area contributed by atoms with Crippen molar-refractivity contribution in [2.24, 2.45) is 5.92 Å². The van der Waals surface area contributed by atoms with Crippen LogP contribution in [0, 0.1) is 16.0 Å². The van der Waals surface area contributed by atoms with Crippen molar-refractivity contribution < 1.29 is 34.0 Å². The van der Waals surface area contributed by atoms with Gasteiger partial charge in [0.15, 0.2) is 0 Å². The highest BCUT2D eigenvalue weighted by Gasteiger charge is 2.37. The van der Waals surface area contributed by atoms with Gasteiger partial charge >= 0.3 is 5.97 Å². The van der Waals surface area contributed by atoms with Crippen molar-refractivity contribution in [2.75, 3.05) is 11.9 Å². The number of hydrogen-bond acceptors (Lipinski definition) is 7. The van der Waals surface area contributed by atoms with Gasteiger partial charge in [0, 0.05) is 30.8 Å². The molecule has 0 bridgehead atoms. The predicted molar refractivity (Wildman–Crippen MR) is 132 cm³/mol. The Morgan fingerprint density at radius 3 is 2.30 bits per heavy atom. The normalized spacial score (nSPS) is 16.5. The van der Waals surface area contributed by atoms with E-state index >= 15 is 0 Å². The zero-order valence-corrected chi connectivity index (χ0v) is 21.1. The van der Waals surface area contributed by atoms with Crippen LogP contribution in [-0.2, 0) is 24.0 Å². The molecular weight excluding hydrogens is 486 g/mol. The molecule has 2 rings (SSSR count). The van der Waals surface area contributed by atoms with Crippen LogP contribution in [0.3, 0.4) is 0 Å². The minimum absolute atomic E-state index is 0.0512. The van der Waals surface area contributed by atoms with Crippen LogP contribution in [0.4, 0.5) is 11.4 Å². The van der Waals surface area contributed by atoms with Gasteiger partial charge in [-0.3, -0.25) is 34.1 Å². The van der Waals surface area contributed by atoms with Gasteiger partial charge in [0.1, 0.15) is 18.1 Å². The Hall–Kier alpha value is -4.03. The summed E-state index contributed by atoms with van der Waals surface area (Å²) in [6.07, 6.45) is 0.641. The van der Waals surface area contributed by atoms with Crippen LogP contribution in [0.25, 0.3) is 0 Å². The minimum atomic E-state index is -1.13. The largest absolute Gasteiger partial charge is 0.481 e. The molecule has 1 aromatic rings. The van der Waals surface area contributed by atoms with Crippen molar-refractivity contribution in [3.05, 3.63) is 34.4 Å². The molecular formula is C24H33N5O8. The molecule has 1 aliphatic heterocycles. The zero-order valence-electron chi connectivity index (χ0n) is 21.1. The number of carboxylic acids is 1. The van der Waals surface area contributed by atoms with Gasteiger partial charge in [0.2, 0.25) is 23.6 Å². The van der Waals surface area contributed by atoms with Crippen LogP contribution in [0.2, 0.25) is 0 Å². The highest BCUT2D eigenvalue weighted by Crippen LogP contribution is 2.20. The molecule has 1 aromatic carbocycles. The molecule has 1 aliphatic rings. The number of carbonyl (C=O) groups excluding carboxylic acids is 4. The third-order valence-electron chi connectivity index (χ3n) is 5.84. The van der Waals surface area contributed by atoms with E-state index in [2.05, 4.69) is 16.0 Å². The third kappa shape index (κ3) is 8.85. The molecule has 1 fully saturated rings. The summed E-state index contributed by atoms with van der Waals surface area (Å²) in [6, 6.07) is 2.62. The number of nitro benzene ring substituents is 1. The molecule has 0 spiro atoms. The molecule has 0 unspecified atom stereocenters. The topological polar surface area (TPSA) is 188 Å². The van der Waals surface area contributed by atoms with Gasteiger partial charge in [-0.15, -0.1) is 0 Å². The second kappa shape index (κ2) is 13.3. The molecule has 13 nitrogen and oxygen atoms in total. The summed E-state index contributed by atoms with van der Waals surface area (Å²) in [7, 11) is 0. The lowest BCUT2D eigenvalue weighted by Gasteiger charge is -2.29. The van der Waals surface area contributed by atoms with Gasteiger partial charge in [-0.05, 0) is 44.2 Å². The van der Waals surface area contributed by atoms with E-state index in [0.717, 1.165) is 0 Å². The first-order valence-corrected chi connectivity index (χ1v) is 12.1. The Kier molecular flexibility index (Phi) is 10.5. The lowest BCUT2D eigenvalue weighted by molar-refractivity contribution is -0.384. The Morgan fingerprint density at radius 2 is 1.73 bits per heavy atom. The number of nitro groups is 1. The van der Waals surface area contributed by atoms with E-state index in [-0.39, 0.29) is 24.4 Å². The Balaban J connectivity index is 2.04. The van der Waals surface area contributed by atoms with E-state index in [9.17, 15) is 34.1 Å². The van der Waals surface area contributed by atoms with E-state index in [4.69, 9.17) is 5.11 Å². The number of non-ortho nitro benzene ring substituents is 1. The van der Waals surface area contributed by atoms with Crippen molar-refractivity contribution in [1.29, 1.82) is 0 Å². The zero-order chi connectivity index (χ0) is 27.7. The summed E-state index contributed by atoms with van der Waals surface area (Å²) in [5, 5.41) is 27.4. The molecule has 0 aliphatic carbocycles. The lowest BCUT2D eigenvalue weighted by atomic mass is 10.0. The molecule has 202 valence electrons. The molecule has 0 radical (unpaired) electrons. The minimum Gasteiger partial charge on any atom is -0.481 e. The Bertz CT molecular complexity index is 1030. The first kappa shape index (κ1) is 29.2. The van der Waals surface area contributed by atoms with Gasteiger partial charge in [0.25, 0.3) is 5.69 Å². The second-order valence-electron chi connectivity index (χ2n) is 9.36. The molecule has 37 heavy (non-hydrogen) atoms. The number of nitrogens with zero attached hydrogens (tertiary/aromatic N) is 2. The number of carbonyl (C=O) groups is 5. The maximum Gasteiger partial charge on any atom is 0.303 e. The Labute approximate surface area is 214 Å². The van der Waals surface area contributed by atoms with Crippen molar-refractivity contribution in [3.8, 4) is 0 Å². The molecule has 4 amide bonds. The smallest absolute Gasteiger partial charge is 0.303 e. The number of hydrogen-bond donors (Lipinski definition) is 4. The molecule has 0 aromatic heterocycles. The highest BCUT2D eigenvalue weighted by molar-refractivity contribution is 5.99. The fourth-order valence-electron chi connectivity index (χ4n) is 4.01. The summed E-state index contributed by atoms with van der Waals surface area (Å²) in [5.74, 6) is -3.12. The summed E-state index contributed by atoms with van der Waals surface area (Å²) in [4.78, 5) is 73.2. The predicted octanol–water partition coefficient (Wildman–Crippen LogP) is 1.42. The number of anilines is 1. The molecule has 1 heterocycles. The average molecular weight is 520 g/mol. The third-order valence-corrected chi connectivity index (χ3v) is 5.84. The van der Waals surface area contributed by atoms with Crippen LogP contribution in [0.5, 0.6) is 0 Å². The van der Waals surface area contributed by atoms with Gasteiger partial charge in [-0.2, -0.15) is 0 Å². The van der Waals surface area contributed by atoms with Crippen molar-refractivity contribution in [2.45, 2.75) is 71.0 Å². The maximum atomic E-state index is 13.1. The highest BCUT2D eigenvalue weighted by atomic mass is 16.6. The SMILES string of the molecule is CC(C)C[C@H](NC(=O)[C@@H]1CCCN1C(=O)[C@H](C)NC(=O)CCC(=O)O)C(=O)Nc1ccc([N+](=O)[O-])cc1. The molecule has 3 atom stereocenters. The van der Waals surface area contributed by atoms with Gasteiger partial charge in [-0.1, -0.05) is 13.8 Å². The summed E-state index contributed by atoms with van der Waals surface area (Å²) in [6.45, 7) is 5.54. The van der Waals surface area contributed by atoms with E-state index in [1.54, 1.807) is 0 Å². The number of rotatable bonds is 12. The number of amides is 4. The van der Waals surface area contributed by atoms with Crippen LogP contribution >= 0.6 is 0 Å². The van der Waals surface area contributed by atoms with E-state index in [1.807, 2.05) is 13.8 Å². The standard InChI is InChI=1S/C24H33N5O8/c1-14(2)13-18(22(33)26-16-6-8-17(9-7-16)29(36)37)27-23(34)19-5-4-12-28(19)24(35)15(3)25-20(30)10-11-21(31)32/h6-9,14-15,18-19H,4-5,10-13H2,1-3H3,(H,25,30)(H,26,33)(H,27,34)(H,31,32)/t15-,18-,19-/m0/s1. The van der Waals surface area contributed by atoms with E-state index < -0.39 is 52.6 Å². The monoisotopic (exact) mass is 519 g/mol. The summed E-state index contributed by atoms with van der Waals surface area (Å²) in [5.41, 5.74) is 0.215. The van der Waals surface area contributed by atoms with Crippen LogP contribution in [-0.4, -0.2) is 69.2 Å². The van der Waals surface area contributed by atoms with Crippen molar-refractivity contribution in [1.82, 2.24) is 15.5 Å². The van der Waals surface area contributed by atoms with Gasteiger partial charge in [0.05, 0.1) is 11.3 Å². The van der Waals surface area contributed by atoms with Crippen molar-refractivity contribution in [3.63, 3.8) is 0 Å². The summed E-state index contributed by atoms with van der Waals surface area (Å²) < 4.78 is 0. The van der Waals surface area contributed by atoms with Crippen LogP contribution in [0.1, 0.15) is 52.9 Å². The number of carboxylic acid groups (broad SMARTS) is 1. The molecule has 13 heteroatoms. The number of likely N-dealkylation sites (tertiary alicyclic amines) is 1. The maximum absolute atomic E-state index is 13.1. The van der Waals surface area contributed by atoms with E-state index in [0.29, 0.717) is 31.5 Å². The van der Waals surface area contributed by atoms with Gasteiger partial charge < -0.3 is 26.0 Å². The molecule has 4 N–H and O–H groups in total. The van der Waals surface area contributed by atoms with Gasteiger partial charge in [-0.25, -0.2) is 0 Å². The number of aliphatic carboxylic acids is 1. The van der Waals surface area contributed by atoms with E-state index in [1.165, 1.54) is 36.1 Å².